The zero-order valence-corrected chi connectivity index (χ0v) is 9.40. The molecule has 92 valence electrons. The molecule has 7 heteroatoms. The fourth-order valence-electron chi connectivity index (χ4n) is 0.934. The van der Waals surface area contributed by atoms with Gasteiger partial charge in [-0.3, -0.25) is 14.4 Å². The molecule has 0 aliphatic rings. The molecule has 0 aromatic rings. The number of likely N-dealkylation sites (N-methyl/N-ethyl adjacent to an activating group) is 1. The first-order valence-electron chi connectivity index (χ1n) is 4.76. The van der Waals surface area contributed by atoms with Crippen molar-refractivity contribution >= 4 is 17.6 Å². The lowest BCUT2D eigenvalue weighted by Crippen LogP contribution is -2.47. The number of Topliss-reactive ketones (excluding diaryl/α,β-unsaturated/α-hetero) is 1. The van der Waals surface area contributed by atoms with Crippen LogP contribution in [0.2, 0.25) is 0 Å². The highest BCUT2D eigenvalue weighted by Crippen LogP contribution is 1.85. The minimum absolute atomic E-state index is 0.000751. The van der Waals surface area contributed by atoms with Crippen LogP contribution in [0.3, 0.4) is 0 Å². The highest BCUT2D eigenvalue weighted by Gasteiger charge is 2.15. The molecule has 2 amide bonds. The number of nitrogens with one attached hydrogen (secondary N) is 1. The van der Waals surface area contributed by atoms with Gasteiger partial charge in [0.2, 0.25) is 11.8 Å². The van der Waals surface area contributed by atoms with Gasteiger partial charge in [-0.25, -0.2) is 0 Å². The maximum Gasteiger partial charge on any atom is 0.242 e. The molecule has 0 saturated carbocycles. The van der Waals surface area contributed by atoms with Gasteiger partial charge >= 0.3 is 0 Å². The van der Waals surface area contributed by atoms with Crippen molar-refractivity contribution in [1.29, 1.82) is 0 Å². The Morgan fingerprint density at radius 2 is 2.00 bits per heavy atom. The van der Waals surface area contributed by atoms with E-state index in [1.54, 1.807) is 0 Å². The molecule has 1 atom stereocenters. The summed E-state index contributed by atoms with van der Waals surface area (Å²) in [6.45, 7) is 0.643. The van der Waals surface area contributed by atoms with E-state index in [1.807, 2.05) is 0 Å². The van der Waals surface area contributed by atoms with Crippen LogP contribution in [0.15, 0.2) is 0 Å². The summed E-state index contributed by atoms with van der Waals surface area (Å²) in [5.74, 6) is -1.14. The summed E-state index contributed by atoms with van der Waals surface area (Å²) < 4.78 is 0. The van der Waals surface area contributed by atoms with E-state index in [4.69, 9.17) is 10.8 Å². The number of nitrogens with two attached hydrogens (primary N) is 1. The summed E-state index contributed by atoms with van der Waals surface area (Å²) >= 11 is 0. The van der Waals surface area contributed by atoms with Gasteiger partial charge in [0.05, 0.1) is 19.7 Å². The lowest BCUT2D eigenvalue weighted by Gasteiger charge is -2.16. The summed E-state index contributed by atoms with van der Waals surface area (Å²) in [5, 5.41) is 10.8. The quantitative estimate of drug-likeness (QED) is 0.466. The molecule has 4 N–H and O–H groups in total. The van der Waals surface area contributed by atoms with Gasteiger partial charge in [-0.2, -0.15) is 0 Å². The van der Waals surface area contributed by atoms with Gasteiger partial charge in [0.25, 0.3) is 0 Å². The Hall–Kier alpha value is -1.47. The molecule has 0 spiro atoms. The molecule has 0 unspecified atom stereocenters. The lowest BCUT2D eigenvalue weighted by molar-refractivity contribution is -0.134. The molecule has 0 saturated heterocycles. The third-order valence-corrected chi connectivity index (χ3v) is 1.83. The van der Waals surface area contributed by atoms with E-state index in [1.165, 1.54) is 18.9 Å². The number of hydrogen-bond donors (Lipinski definition) is 3. The average molecular weight is 231 g/mol. The first kappa shape index (κ1) is 14.5. The van der Waals surface area contributed by atoms with Crippen molar-refractivity contribution in [3.63, 3.8) is 0 Å². The van der Waals surface area contributed by atoms with Crippen molar-refractivity contribution < 1.29 is 19.5 Å². The van der Waals surface area contributed by atoms with E-state index in [9.17, 15) is 14.4 Å². The second-order valence-corrected chi connectivity index (χ2v) is 3.46. The van der Waals surface area contributed by atoms with Gasteiger partial charge in [-0.1, -0.05) is 0 Å². The van der Waals surface area contributed by atoms with Crippen LogP contribution in [0, 0.1) is 0 Å². The highest BCUT2D eigenvalue weighted by atomic mass is 16.3. The number of hydrogen-bond acceptors (Lipinski definition) is 5. The molecule has 0 aromatic carbocycles. The number of amides is 2. The molecular formula is C9H17N3O4. The number of carbonyl (C=O) groups excluding carboxylic acids is 3. The summed E-state index contributed by atoms with van der Waals surface area (Å²) in [4.78, 5) is 34.4. The SMILES string of the molecule is CC(=O)CN(C)C(=O)CNC(=O)[C@H](N)CO. The van der Waals surface area contributed by atoms with E-state index in [2.05, 4.69) is 5.32 Å². The van der Waals surface area contributed by atoms with Gasteiger partial charge in [-0.05, 0) is 6.92 Å². The van der Waals surface area contributed by atoms with E-state index >= 15 is 0 Å². The number of nitrogens with zero attached hydrogens (tertiary/aromatic N) is 1. The molecule has 0 aromatic heterocycles. The zero-order chi connectivity index (χ0) is 12.7. The minimum atomic E-state index is -1.04. The zero-order valence-electron chi connectivity index (χ0n) is 9.40. The third-order valence-electron chi connectivity index (χ3n) is 1.83. The molecule has 0 aliphatic heterocycles. The van der Waals surface area contributed by atoms with Gasteiger partial charge in [0.1, 0.15) is 11.8 Å². The highest BCUT2D eigenvalue weighted by molar-refractivity contribution is 5.89. The Bertz CT molecular complexity index is 280. The second-order valence-electron chi connectivity index (χ2n) is 3.46. The van der Waals surface area contributed by atoms with Crippen molar-refractivity contribution in [1.82, 2.24) is 10.2 Å². The summed E-state index contributed by atoms with van der Waals surface area (Å²) in [6.07, 6.45) is 0. The Morgan fingerprint density at radius 3 is 2.44 bits per heavy atom. The summed E-state index contributed by atoms with van der Waals surface area (Å²) in [5.41, 5.74) is 5.22. The largest absolute Gasteiger partial charge is 0.394 e. The Balaban J connectivity index is 3.97. The summed E-state index contributed by atoms with van der Waals surface area (Å²) in [6, 6.07) is -1.04. The fourth-order valence-corrected chi connectivity index (χ4v) is 0.934. The van der Waals surface area contributed by atoms with E-state index < -0.39 is 24.5 Å². The van der Waals surface area contributed by atoms with Crippen LogP contribution in [0.1, 0.15) is 6.92 Å². The van der Waals surface area contributed by atoms with E-state index in [0.717, 1.165) is 0 Å². The number of carbonyl (C=O) groups is 3. The molecule has 0 bridgehead atoms. The maximum absolute atomic E-state index is 11.3. The predicted octanol–water partition coefficient (Wildman–Crippen LogP) is -2.53. The van der Waals surface area contributed by atoms with Crippen molar-refractivity contribution in [2.75, 3.05) is 26.7 Å². The number of aliphatic hydroxyl groups excluding tert-OH is 1. The van der Waals surface area contributed by atoms with Crippen LogP contribution in [0.5, 0.6) is 0 Å². The van der Waals surface area contributed by atoms with Crippen LogP contribution < -0.4 is 11.1 Å². The van der Waals surface area contributed by atoms with E-state index in [0.29, 0.717) is 0 Å². The fraction of sp³-hybridized carbons (Fsp3) is 0.667. The first-order valence-corrected chi connectivity index (χ1v) is 4.76. The smallest absolute Gasteiger partial charge is 0.242 e. The van der Waals surface area contributed by atoms with Gasteiger partial charge < -0.3 is 21.1 Å². The van der Waals surface area contributed by atoms with Crippen LogP contribution >= 0.6 is 0 Å². The molecule has 0 fully saturated rings. The number of aliphatic hydroxyl groups is 1. The third kappa shape index (κ3) is 5.42. The molecule has 16 heavy (non-hydrogen) atoms. The standard InChI is InChI=1S/C9H17N3O4/c1-6(14)4-12(2)8(15)3-11-9(16)7(10)5-13/h7,13H,3-5,10H2,1-2H3,(H,11,16)/t7-/m1/s1. The Morgan fingerprint density at radius 1 is 1.44 bits per heavy atom. The number of rotatable bonds is 6. The second kappa shape index (κ2) is 6.91. The molecule has 0 radical (unpaired) electrons. The van der Waals surface area contributed by atoms with Gasteiger partial charge in [-0.15, -0.1) is 0 Å². The van der Waals surface area contributed by atoms with E-state index in [-0.39, 0.29) is 18.9 Å². The van der Waals surface area contributed by atoms with Crippen LogP contribution in [-0.4, -0.2) is 60.4 Å². The monoisotopic (exact) mass is 231 g/mol. The van der Waals surface area contributed by atoms with Gasteiger partial charge in [0, 0.05) is 7.05 Å². The van der Waals surface area contributed by atoms with Gasteiger partial charge in [0.15, 0.2) is 0 Å². The molecule has 0 rings (SSSR count). The molecule has 0 aliphatic carbocycles. The normalized spacial score (nSPS) is 11.8. The van der Waals surface area contributed by atoms with Crippen LogP contribution in [0.25, 0.3) is 0 Å². The lowest BCUT2D eigenvalue weighted by atomic mass is 10.3. The Kier molecular flexibility index (Phi) is 6.28. The average Bonchev–Trinajstić information content (AvgIpc) is 2.23. The molecular weight excluding hydrogens is 214 g/mol. The minimum Gasteiger partial charge on any atom is -0.394 e. The molecule has 7 nitrogen and oxygen atoms in total. The molecule has 0 heterocycles. The van der Waals surface area contributed by atoms with Crippen molar-refractivity contribution in [3.05, 3.63) is 0 Å². The van der Waals surface area contributed by atoms with Crippen molar-refractivity contribution in [2.24, 2.45) is 5.73 Å². The topological polar surface area (TPSA) is 113 Å². The van der Waals surface area contributed by atoms with Crippen molar-refractivity contribution in [2.45, 2.75) is 13.0 Å². The first-order chi connectivity index (χ1) is 7.38. The maximum atomic E-state index is 11.3. The Labute approximate surface area is 93.6 Å². The van der Waals surface area contributed by atoms with Crippen LogP contribution in [0.4, 0.5) is 0 Å². The van der Waals surface area contributed by atoms with Crippen molar-refractivity contribution in [3.8, 4) is 0 Å². The predicted molar refractivity (Wildman–Crippen MR) is 56.4 cm³/mol. The van der Waals surface area contributed by atoms with Crippen LogP contribution in [-0.2, 0) is 14.4 Å². The number of ketones is 1. The summed E-state index contributed by atoms with van der Waals surface area (Å²) in [7, 11) is 1.46.